The third kappa shape index (κ3) is 2.24. The Labute approximate surface area is 147 Å². The second-order valence-corrected chi connectivity index (χ2v) is 9.92. The van der Waals surface area contributed by atoms with Crippen LogP contribution in [0.1, 0.15) is 71.6 Å². The largest absolute Gasteiger partial charge is 0.393 e. The molecule has 0 heterocycles. The van der Waals surface area contributed by atoms with Crippen LogP contribution >= 0.6 is 0 Å². The maximum absolute atomic E-state index is 10.4. The van der Waals surface area contributed by atoms with Gasteiger partial charge in [-0.3, -0.25) is 0 Å². The van der Waals surface area contributed by atoms with Gasteiger partial charge in [0.25, 0.3) is 0 Å². The minimum Gasteiger partial charge on any atom is -0.393 e. The van der Waals surface area contributed by atoms with E-state index in [0.29, 0.717) is 11.3 Å². The predicted molar refractivity (Wildman–Crippen MR) is 96.1 cm³/mol. The number of hydrogen-bond acceptors (Lipinski definition) is 2. The minimum atomic E-state index is -0.562. The summed E-state index contributed by atoms with van der Waals surface area (Å²) < 4.78 is 0. The summed E-state index contributed by atoms with van der Waals surface area (Å²) >= 11 is 0. The summed E-state index contributed by atoms with van der Waals surface area (Å²) in [5.41, 5.74) is 0.677. The lowest BCUT2D eigenvalue weighted by atomic mass is 9.44. The Morgan fingerprint density at radius 3 is 2.42 bits per heavy atom. The Morgan fingerprint density at radius 2 is 1.67 bits per heavy atom. The van der Waals surface area contributed by atoms with Crippen LogP contribution in [0.4, 0.5) is 0 Å². The van der Waals surface area contributed by atoms with Crippen LogP contribution in [0.2, 0.25) is 0 Å². The summed E-state index contributed by atoms with van der Waals surface area (Å²) in [4.78, 5) is 0. The first-order valence-electron chi connectivity index (χ1n) is 10.2. The molecule has 0 aliphatic heterocycles. The Kier molecular flexibility index (Phi) is 4.05. The van der Waals surface area contributed by atoms with Gasteiger partial charge >= 0.3 is 0 Å². The van der Waals surface area contributed by atoms with E-state index in [0.717, 1.165) is 42.9 Å². The van der Waals surface area contributed by atoms with Gasteiger partial charge in [0.2, 0.25) is 0 Å². The molecule has 1 unspecified atom stereocenters. The van der Waals surface area contributed by atoms with Crippen molar-refractivity contribution in [2.75, 3.05) is 0 Å². The smallest absolute Gasteiger partial charge is 0.117 e. The van der Waals surface area contributed by atoms with Gasteiger partial charge in [-0.1, -0.05) is 19.8 Å². The van der Waals surface area contributed by atoms with Crippen LogP contribution in [-0.4, -0.2) is 22.4 Å². The molecule has 0 bridgehead atoms. The molecule has 0 aromatic carbocycles. The number of terminal acetylenes is 1. The van der Waals surface area contributed by atoms with Crippen molar-refractivity contribution in [2.45, 2.75) is 83.8 Å². The molecule has 0 amide bonds. The molecule has 0 radical (unpaired) electrons. The number of fused-ring (bicyclic) bond motifs is 5. The average molecular weight is 331 g/mol. The van der Waals surface area contributed by atoms with Gasteiger partial charge in [-0.25, -0.2) is 0 Å². The first kappa shape index (κ1) is 16.9. The van der Waals surface area contributed by atoms with E-state index < -0.39 is 6.10 Å². The van der Waals surface area contributed by atoms with Gasteiger partial charge < -0.3 is 10.2 Å². The van der Waals surface area contributed by atoms with Crippen molar-refractivity contribution in [2.24, 2.45) is 40.4 Å². The van der Waals surface area contributed by atoms with Crippen LogP contribution in [0, 0.1) is 52.8 Å². The van der Waals surface area contributed by atoms with Crippen LogP contribution < -0.4 is 0 Å². The Morgan fingerprint density at radius 1 is 0.958 bits per heavy atom. The number of aliphatic hydroxyl groups is 2. The Bertz CT molecular complexity index is 537. The topological polar surface area (TPSA) is 40.5 Å². The van der Waals surface area contributed by atoms with Crippen molar-refractivity contribution in [1.29, 1.82) is 0 Å². The zero-order valence-corrected chi connectivity index (χ0v) is 15.4. The summed E-state index contributed by atoms with van der Waals surface area (Å²) in [5, 5.41) is 20.5. The molecular weight excluding hydrogens is 296 g/mol. The summed E-state index contributed by atoms with van der Waals surface area (Å²) in [6.07, 6.45) is 15.7. The van der Waals surface area contributed by atoms with Crippen LogP contribution in [0.15, 0.2) is 0 Å². The maximum Gasteiger partial charge on any atom is 0.117 e. The van der Waals surface area contributed by atoms with Crippen molar-refractivity contribution in [3.63, 3.8) is 0 Å². The van der Waals surface area contributed by atoms with E-state index in [2.05, 4.69) is 19.8 Å². The summed E-state index contributed by atoms with van der Waals surface area (Å²) in [6.45, 7) is 4.96. The van der Waals surface area contributed by atoms with Crippen LogP contribution in [0.25, 0.3) is 0 Å². The van der Waals surface area contributed by atoms with E-state index in [9.17, 15) is 10.2 Å². The molecule has 4 aliphatic rings. The minimum absolute atomic E-state index is 0.0601. The molecule has 4 aliphatic carbocycles. The lowest BCUT2D eigenvalue weighted by Crippen LogP contribution is -2.54. The van der Waals surface area contributed by atoms with Crippen molar-refractivity contribution in [1.82, 2.24) is 0 Å². The molecule has 0 saturated heterocycles. The van der Waals surface area contributed by atoms with E-state index in [-0.39, 0.29) is 11.5 Å². The van der Waals surface area contributed by atoms with E-state index >= 15 is 0 Å². The lowest BCUT2D eigenvalue weighted by molar-refractivity contribution is -0.130. The molecule has 24 heavy (non-hydrogen) atoms. The van der Waals surface area contributed by atoms with Crippen LogP contribution in [-0.2, 0) is 0 Å². The van der Waals surface area contributed by atoms with Gasteiger partial charge in [0.1, 0.15) is 6.10 Å². The Hall–Kier alpha value is -0.520. The number of aliphatic hydroxyl groups excluding tert-OH is 2. The quantitative estimate of drug-likeness (QED) is 0.714. The normalized spacial score (nSPS) is 55.0. The number of rotatable bonds is 1. The standard InChI is InChI=1S/C22H34O2/c1-4-20(24)19-8-7-17-16-6-5-14-13-15(23)9-11-21(14,2)18(16)10-12-22(17,19)3/h1,14-20,23-24H,5-13H2,2-3H3/t14-,15+,16-,17-,18-,19+,20?,21-,22-/m0/s1. The van der Waals surface area contributed by atoms with Crippen molar-refractivity contribution in [3.8, 4) is 12.3 Å². The van der Waals surface area contributed by atoms with Crippen LogP contribution in [0.5, 0.6) is 0 Å². The SMILES string of the molecule is C#CC(O)[C@H]1CC[C@H]2[C@@H]3CC[C@H]4C[C@H](O)CC[C@]4(C)[C@H]3CC[C@]12C. The maximum atomic E-state index is 10.4. The molecule has 0 spiro atoms. The highest BCUT2D eigenvalue weighted by Crippen LogP contribution is 2.67. The second kappa shape index (κ2) is 5.75. The molecule has 4 fully saturated rings. The third-order valence-corrected chi connectivity index (χ3v) is 9.26. The van der Waals surface area contributed by atoms with E-state index in [1.807, 2.05) is 0 Å². The van der Waals surface area contributed by atoms with Gasteiger partial charge in [-0.15, -0.1) is 6.42 Å². The summed E-state index contributed by atoms with van der Waals surface area (Å²) in [6, 6.07) is 0. The van der Waals surface area contributed by atoms with Crippen molar-refractivity contribution in [3.05, 3.63) is 0 Å². The highest BCUT2D eigenvalue weighted by Gasteiger charge is 2.60. The average Bonchev–Trinajstić information content (AvgIpc) is 2.92. The van der Waals surface area contributed by atoms with Gasteiger partial charge in [0, 0.05) is 5.92 Å². The predicted octanol–water partition coefficient (Wildman–Crippen LogP) is 4.00. The van der Waals surface area contributed by atoms with Gasteiger partial charge in [0.15, 0.2) is 0 Å². The zero-order valence-electron chi connectivity index (χ0n) is 15.4. The molecule has 134 valence electrons. The first-order chi connectivity index (χ1) is 11.4. The molecule has 2 N–H and O–H groups in total. The molecule has 2 heteroatoms. The second-order valence-electron chi connectivity index (χ2n) is 9.92. The highest BCUT2D eigenvalue weighted by molar-refractivity contribution is 5.13. The molecule has 9 atom stereocenters. The number of hydrogen-bond donors (Lipinski definition) is 2. The van der Waals surface area contributed by atoms with Gasteiger partial charge in [-0.05, 0) is 92.3 Å². The van der Waals surface area contributed by atoms with Crippen LogP contribution in [0.3, 0.4) is 0 Å². The lowest BCUT2D eigenvalue weighted by Gasteiger charge is -2.61. The van der Waals surface area contributed by atoms with E-state index in [4.69, 9.17) is 6.42 Å². The Balaban J connectivity index is 1.60. The van der Waals surface area contributed by atoms with Gasteiger partial charge in [-0.2, -0.15) is 0 Å². The fourth-order valence-corrected chi connectivity index (χ4v) is 7.91. The molecule has 0 aromatic rings. The summed E-state index contributed by atoms with van der Waals surface area (Å²) in [5.74, 6) is 6.03. The molecule has 2 nitrogen and oxygen atoms in total. The monoisotopic (exact) mass is 330 g/mol. The highest BCUT2D eigenvalue weighted by atomic mass is 16.3. The van der Waals surface area contributed by atoms with Gasteiger partial charge in [0.05, 0.1) is 6.10 Å². The van der Waals surface area contributed by atoms with Crippen molar-refractivity contribution < 1.29 is 10.2 Å². The zero-order chi connectivity index (χ0) is 17.1. The van der Waals surface area contributed by atoms with E-state index in [1.54, 1.807) is 0 Å². The summed E-state index contributed by atoms with van der Waals surface area (Å²) in [7, 11) is 0. The first-order valence-corrected chi connectivity index (χ1v) is 10.2. The molecule has 0 aromatic heterocycles. The fourth-order valence-electron chi connectivity index (χ4n) is 7.91. The molecule has 4 rings (SSSR count). The molecular formula is C22H34O2. The van der Waals surface area contributed by atoms with Crippen molar-refractivity contribution >= 4 is 0 Å². The molecule has 4 saturated carbocycles. The third-order valence-electron chi connectivity index (χ3n) is 9.26. The van der Waals surface area contributed by atoms with E-state index in [1.165, 1.54) is 38.5 Å². The fraction of sp³-hybridized carbons (Fsp3) is 0.909.